The second kappa shape index (κ2) is 8.89. The van der Waals surface area contributed by atoms with Gasteiger partial charge in [-0.1, -0.05) is 10.1 Å². The van der Waals surface area contributed by atoms with E-state index in [0.717, 1.165) is 0 Å². The second-order valence-electron chi connectivity index (χ2n) is 7.77. The summed E-state index contributed by atoms with van der Waals surface area (Å²) in [4.78, 5) is 0. The van der Waals surface area contributed by atoms with Crippen molar-refractivity contribution in [1.29, 1.82) is 0 Å². The van der Waals surface area contributed by atoms with E-state index in [1.807, 2.05) is 0 Å². The highest BCUT2D eigenvalue weighted by atomic mass is 32.3. The topological polar surface area (TPSA) is 129 Å². The highest BCUT2D eigenvalue weighted by Gasteiger charge is 2.84. The standard InChI is InChI=1S/C13H19F9N2O7S3/c1-9(2,25)8-24(34(30,31)13(20,21)22)33(28,29)12(18,19)10(14,15)11(16,17)32(26,27)23-6-4-3-5-7-23/h25H,3-8H2,1-2H3. The lowest BCUT2D eigenvalue weighted by atomic mass is 10.1. The van der Waals surface area contributed by atoms with E-state index < -0.39 is 81.0 Å². The fraction of sp³-hybridized carbons (Fsp3) is 1.00. The molecule has 0 bridgehead atoms. The molecule has 0 atom stereocenters. The van der Waals surface area contributed by atoms with Gasteiger partial charge in [0.25, 0.3) is 20.0 Å². The summed E-state index contributed by atoms with van der Waals surface area (Å²) < 4.78 is 194. The molecule has 21 heteroatoms. The number of rotatable bonds is 9. The first-order chi connectivity index (χ1) is 14.7. The number of hydrogen-bond acceptors (Lipinski definition) is 7. The molecule has 1 aliphatic heterocycles. The first-order valence-corrected chi connectivity index (χ1v) is 13.2. The fourth-order valence-corrected chi connectivity index (χ4v) is 7.68. The molecule has 1 fully saturated rings. The highest BCUT2D eigenvalue weighted by Crippen LogP contribution is 2.53. The van der Waals surface area contributed by atoms with E-state index in [9.17, 15) is 69.9 Å². The maximum atomic E-state index is 14.5. The van der Waals surface area contributed by atoms with Crippen LogP contribution in [0, 0.1) is 0 Å². The van der Waals surface area contributed by atoms with Crippen molar-refractivity contribution in [3.63, 3.8) is 0 Å². The van der Waals surface area contributed by atoms with Crippen molar-refractivity contribution in [2.75, 3.05) is 19.6 Å². The monoisotopic (exact) mass is 582 g/mol. The molecule has 1 aliphatic rings. The van der Waals surface area contributed by atoms with Crippen LogP contribution < -0.4 is 0 Å². The quantitative estimate of drug-likeness (QED) is 0.411. The van der Waals surface area contributed by atoms with E-state index in [1.54, 1.807) is 0 Å². The summed E-state index contributed by atoms with van der Waals surface area (Å²) in [7, 11) is -22.2. The van der Waals surface area contributed by atoms with Crippen molar-refractivity contribution in [3.8, 4) is 0 Å². The van der Waals surface area contributed by atoms with E-state index in [-0.39, 0.29) is 23.6 Å². The Kier molecular flexibility index (Phi) is 8.14. The fourth-order valence-electron chi connectivity index (χ4n) is 2.62. The van der Waals surface area contributed by atoms with Gasteiger partial charge in [-0.05, 0) is 26.7 Å². The van der Waals surface area contributed by atoms with Crippen LogP contribution in [0.5, 0.6) is 0 Å². The number of sulfonamides is 3. The third-order valence-corrected chi connectivity index (χ3v) is 10.3. The smallest absolute Gasteiger partial charge is 0.389 e. The van der Waals surface area contributed by atoms with Gasteiger partial charge in [0.2, 0.25) is 0 Å². The number of hydrogen-bond donors (Lipinski definition) is 1. The van der Waals surface area contributed by atoms with Crippen molar-refractivity contribution in [1.82, 2.24) is 8.02 Å². The van der Waals surface area contributed by atoms with Crippen LogP contribution in [-0.4, -0.2) is 85.6 Å². The zero-order valence-electron chi connectivity index (χ0n) is 17.2. The number of nitrogens with zero attached hydrogens (tertiary/aromatic N) is 2. The Balaban J connectivity index is 3.77. The lowest BCUT2D eigenvalue weighted by Crippen LogP contribution is -2.66. The van der Waals surface area contributed by atoms with Gasteiger partial charge >= 0.3 is 32.0 Å². The highest BCUT2D eigenvalue weighted by molar-refractivity contribution is 8.05. The molecule has 0 aromatic heterocycles. The van der Waals surface area contributed by atoms with Gasteiger partial charge in [-0.15, -0.1) is 0 Å². The van der Waals surface area contributed by atoms with Crippen LogP contribution in [0.25, 0.3) is 0 Å². The summed E-state index contributed by atoms with van der Waals surface area (Å²) in [5, 5.41) is -4.87. The lowest BCUT2D eigenvalue weighted by Gasteiger charge is -2.37. The minimum absolute atomic E-state index is 0.154. The summed E-state index contributed by atoms with van der Waals surface area (Å²) in [5.41, 5.74) is -9.65. The molecule has 204 valence electrons. The predicted molar refractivity (Wildman–Crippen MR) is 96.1 cm³/mol. The molecule has 34 heavy (non-hydrogen) atoms. The Labute approximate surface area is 188 Å². The minimum atomic E-state index is -7.99. The molecule has 0 radical (unpaired) electrons. The molecule has 0 spiro atoms. The minimum Gasteiger partial charge on any atom is -0.389 e. The molecule has 0 unspecified atom stereocenters. The molecule has 0 aromatic rings. The van der Waals surface area contributed by atoms with E-state index in [1.165, 1.54) is 0 Å². The number of alkyl halides is 9. The third-order valence-electron chi connectivity index (χ3n) is 4.38. The molecule has 1 N–H and O–H groups in total. The van der Waals surface area contributed by atoms with Gasteiger partial charge in [0, 0.05) is 13.1 Å². The summed E-state index contributed by atoms with van der Waals surface area (Å²) in [6.45, 7) is -3.37. The number of halogens is 9. The number of piperidine rings is 1. The molecule has 0 aromatic carbocycles. The molecule has 0 amide bonds. The Bertz CT molecular complexity index is 1080. The van der Waals surface area contributed by atoms with Gasteiger partial charge in [-0.3, -0.25) is 0 Å². The van der Waals surface area contributed by atoms with Crippen LogP contribution in [-0.2, 0) is 30.1 Å². The summed E-state index contributed by atoms with van der Waals surface area (Å²) in [6, 6.07) is 0. The average Bonchev–Trinajstić information content (AvgIpc) is 2.64. The molecule has 0 aliphatic carbocycles. The lowest BCUT2D eigenvalue weighted by molar-refractivity contribution is -0.246. The van der Waals surface area contributed by atoms with Gasteiger partial charge in [0.05, 0.1) is 12.1 Å². The maximum Gasteiger partial charge on any atom is 0.512 e. The summed E-state index contributed by atoms with van der Waals surface area (Å²) in [6.07, 6.45) is -0.0583. The summed E-state index contributed by atoms with van der Waals surface area (Å²) in [5.74, 6) is -7.48. The zero-order valence-corrected chi connectivity index (χ0v) is 19.6. The van der Waals surface area contributed by atoms with E-state index >= 15 is 0 Å². The molecule has 1 rings (SSSR count). The summed E-state index contributed by atoms with van der Waals surface area (Å²) >= 11 is 0. The normalized spacial score (nSPS) is 19.0. The van der Waals surface area contributed by atoms with Gasteiger partial charge in [-0.25, -0.2) is 25.3 Å². The van der Waals surface area contributed by atoms with E-state index in [4.69, 9.17) is 0 Å². The van der Waals surface area contributed by atoms with Crippen molar-refractivity contribution in [3.05, 3.63) is 0 Å². The molecular formula is C13H19F9N2O7S3. The Morgan fingerprint density at radius 1 is 0.735 bits per heavy atom. The van der Waals surface area contributed by atoms with Crippen molar-refractivity contribution >= 4 is 30.1 Å². The Morgan fingerprint density at radius 3 is 1.50 bits per heavy atom. The predicted octanol–water partition coefficient (Wildman–Crippen LogP) is 1.88. The molecule has 1 heterocycles. The Hall–Kier alpha value is -0.900. The number of aliphatic hydroxyl groups is 1. The van der Waals surface area contributed by atoms with Crippen LogP contribution in [0.1, 0.15) is 33.1 Å². The molecular weight excluding hydrogens is 563 g/mol. The van der Waals surface area contributed by atoms with Crippen LogP contribution in [0.2, 0.25) is 0 Å². The van der Waals surface area contributed by atoms with E-state index in [2.05, 4.69) is 0 Å². The van der Waals surface area contributed by atoms with Gasteiger partial charge in [0.15, 0.2) is 0 Å². The van der Waals surface area contributed by atoms with Gasteiger partial charge in [0.1, 0.15) is 0 Å². The van der Waals surface area contributed by atoms with Crippen LogP contribution >= 0.6 is 0 Å². The van der Waals surface area contributed by atoms with Crippen molar-refractivity contribution in [2.45, 2.75) is 60.7 Å². The SMILES string of the molecule is CC(C)(O)CN(S(=O)(=O)C(F)(F)F)S(=O)(=O)C(F)(F)C(F)(F)C(F)(F)S(=O)(=O)N1CCCCC1. The molecule has 9 nitrogen and oxygen atoms in total. The zero-order chi connectivity index (χ0) is 27.4. The molecule has 0 saturated carbocycles. The molecule has 1 saturated heterocycles. The maximum absolute atomic E-state index is 14.5. The third kappa shape index (κ3) is 5.00. The largest absolute Gasteiger partial charge is 0.512 e. The Morgan fingerprint density at radius 2 is 1.15 bits per heavy atom. The van der Waals surface area contributed by atoms with Crippen LogP contribution in [0.15, 0.2) is 0 Å². The van der Waals surface area contributed by atoms with Crippen molar-refractivity contribution in [2.24, 2.45) is 0 Å². The van der Waals surface area contributed by atoms with Gasteiger partial charge in [-0.2, -0.15) is 43.8 Å². The second-order valence-corrected chi connectivity index (χ2v) is 13.7. The van der Waals surface area contributed by atoms with E-state index in [0.29, 0.717) is 13.8 Å². The van der Waals surface area contributed by atoms with Crippen LogP contribution in [0.4, 0.5) is 39.5 Å². The first-order valence-electron chi connectivity index (χ1n) is 8.89. The van der Waals surface area contributed by atoms with Crippen molar-refractivity contribution < 1.29 is 69.9 Å². The van der Waals surface area contributed by atoms with Crippen LogP contribution in [0.3, 0.4) is 0 Å². The average molecular weight is 582 g/mol. The first kappa shape index (κ1) is 31.1. The van der Waals surface area contributed by atoms with Gasteiger partial charge < -0.3 is 5.11 Å².